The number of methoxy groups -OCH3 is 1. The van der Waals surface area contributed by atoms with Crippen molar-refractivity contribution < 1.29 is 13.9 Å². The summed E-state index contributed by atoms with van der Waals surface area (Å²) in [5, 5.41) is 11.0. The zero-order valence-corrected chi connectivity index (χ0v) is 16.5. The van der Waals surface area contributed by atoms with E-state index in [-0.39, 0.29) is 5.91 Å². The lowest BCUT2D eigenvalue weighted by Gasteiger charge is -2.06. The number of hydrogen-bond acceptors (Lipinski definition) is 5. The second-order valence-electron chi connectivity index (χ2n) is 6.68. The number of hydrogen-bond donors (Lipinski definition) is 1. The predicted octanol–water partition coefficient (Wildman–Crippen LogP) is 4.38. The molecular weight excluding hydrogens is 378 g/mol. The van der Waals surface area contributed by atoms with Gasteiger partial charge in [0.25, 0.3) is 5.91 Å². The summed E-state index contributed by atoms with van der Waals surface area (Å²) in [6.07, 6.45) is 0.452. The molecule has 0 atom stereocenters. The van der Waals surface area contributed by atoms with Crippen LogP contribution in [0.5, 0.6) is 5.75 Å². The zero-order valence-electron chi connectivity index (χ0n) is 16.5. The molecule has 6 heteroatoms. The van der Waals surface area contributed by atoms with Crippen LogP contribution < -0.4 is 10.1 Å². The summed E-state index contributed by atoms with van der Waals surface area (Å²) >= 11 is 0. The minimum Gasteiger partial charge on any atom is -0.497 e. The molecule has 0 radical (unpaired) electrons. The third-order valence-corrected chi connectivity index (χ3v) is 4.66. The number of nitrogens with one attached hydrogen (secondary N) is 1. The molecule has 0 saturated carbocycles. The first-order valence-corrected chi connectivity index (χ1v) is 9.63. The van der Waals surface area contributed by atoms with Gasteiger partial charge in [0.1, 0.15) is 5.75 Å². The molecule has 0 bridgehead atoms. The predicted molar refractivity (Wildman–Crippen MR) is 114 cm³/mol. The van der Waals surface area contributed by atoms with Crippen molar-refractivity contribution in [1.29, 1.82) is 0 Å². The first kappa shape index (κ1) is 19.4. The molecule has 4 rings (SSSR count). The highest BCUT2D eigenvalue weighted by Crippen LogP contribution is 2.22. The first-order chi connectivity index (χ1) is 14.7. The molecule has 0 aliphatic carbocycles. The van der Waals surface area contributed by atoms with Crippen LogP contribution in [-0.4, -0.2) is 29.8 Å². The van der Waals surface area contributed by atoms with E-state index >= 15 is 0 Å². The van der Waals surface area contributed by atoms with Crippen molar-refractivity contribution in [1.82, 2.24) is 15.5 Å². The molecule has 6 nitrogen and oxygen atoms in total. The van der Waals surface area contributed by atoms with Gasteiger partial charge in [-0.15, -0.1) is 10.2 Å². The molecule has 0 fully saturated rings. The Morgan fingerprint density at radius 1 is 0.900 bits per heavy atom. The van der Waals surface area contributed by atoms with Crippen molar-refractivity contribution in [2.24, 2.45) is 0 Å². The highest BCUT2D eigenvalue weighted by Gasteiger charge is 2.11. The molecule has 0 saturated heterocycles. The van der Waals surface area contributed by atoms with Crippen molar-refractivity contribution >= 4 is 5.91 Å². The van der Waals surface area contributed by atoms with Crippen LogP contribution in [0, 0.1) is 0 Å². The Kier molecular flexibility index (Phi) is 5.85. The van der Waals surface area contributed by atoms with E-state index in [0.29, 0.717) is 30.3 Å². The van der Waals surface area contributed by atoms with Gasteiger partial charge in [0.2, 0.25) is 11.8 Å². The topological polar surface area (TPSA) is 77.3 Å². The molecular formula is C24H21N3O3. The Morgan fingerprint density at radius 3 is 2.43 bits per heavy atom. The molecule has 1 N–H and O–H groups in total. The summed E-state index contributed by atoms with van der Waals surface area (Å²) in [6.45, 7) is 0.401. The number of benzene rings is 3. The Labute approximate surface area is 174 Å². The largest absolute Gasteiger partial charge is 0.497 e. The van der Waals surface area contributed by atoms with E-state index in [9.17, 15) is 4.79 Å². The van der Waals surface area contributed by atoms with Gasteiger partial charge in [0.15, 0.2) is 0 Å². The van der Waals surface area contributed by atoms with Gasteiger partial charge in [-0.25, -0.2) is 0 Å². The maximum atomic E-state index is 12.5. The van der Waals surface area contributed by atoms with Crippen LogP contribution in [0.25, 0.3) is 22.6 Å². The summed E-state index contributed by atoms with van der Waals surface area (Å²) in [5.41, 5.74) is 3.51. The molecule has 0 unspecified atom stereocenters. The number of aromatic nitrogens is 2. The average molecular weight is 399 g/mol. The SMILES string of the molecule is COc1ccc(-c2nnc(CCNC(=O)c3cccc(-c4ccccc4)c3)o2)cc1. The lowest BCUT2D eigenvalue weighted by Crippen LogP contribution is -2.25. The van der Waals surface area contributed by atoms with Gasteiger partial charge >= 0.3 is 0 Å². The molecule has 0 aliphatic heterocycles. The molecule has 1 aromatic heterocycles. The fourth-order valence-corrected chi connectivity index (χ4v) is 3.06. The van der Waals surface area contributed by atoms with Crippen molar-refractivity contribution in [3.8, 4) is 28.3 Å². The fraction of sp³-hybridized carbons (Fsp3) is 0.125. The Morgan fingerprint density at radius 2 is 1.67 bits per heavy atom. The number of carbonyl (C=O) groups excluding carboxylic acids is 1. The zero-order chi connectivity index (χ0) is 20.8. The van der Waals surface area contributed by atoms with E-state index in [1.165, 1.54) is 0 Å². The van der Waals surface area contributed by atoms with E-state index in [0.717, 1.165) is 22.4 Å². The fourth-order valence-electron chi connectivity index (χ4n) is 3.06. The summed E-state index contributed by atoms with van der Waals surface area (Å²) in [5.74, 6) is 1.54. The van der Waals surface area contributed by atoms with Gasteiger partial charge < -0.3 is 14.5 Å². The van der Waals surface area contributed by atoms with Crippen molar-refractivity contribution in [3.05, 3.63) is 90.3 Å². The lowest BCUT2D eigenvalue weighted by molar-refractivity contribution is 0.0953. The van der Waals surface area contributed by atoms with Gasteiger partial charge in [-0.1, -0.05) is 42.5 Å². The number of ether oxygens (including phenoxy) is 1. The molecule has 0 aliphatic rings. The maximum Gasteiger partial charge on any atom is 0.251 e. The molecule has 3 aromatic carbocycles. The maximum absolute atomic E-state index is 12.5. The van der Waals surface area contributed by atoms with Gasteiger partial charge in [0.05, 0.1) is 7.11 Å². The van der Waals surface area contributed by atoms with Crippen molar-refractivity contribution in [2.75, 3.05) is 13.7 Å². The molecule has 1 heterocycles. The normalized spacial score (nSPS) is 10.6. The van der Waals surface area contributed by atoms with Crippen LogP contribution in [0.1, 0.15) is 16.2 Å². The summed E-state index contributed by atoms with van der Waals surface area (Å²) < 4.78 is 10.8. The Hall–Kier alpha value is -3.93. The lowest BCUT2D eigenvalue weighted by atomic mass is 10.0. The highest BCUT2D eigenvalue weighted by atomic mass is 16.5. The molecule has 30 heavy (non-hydrogen) atoms. The van der Waals surface area contributed by atoms with Crippen LogP contribution in [0.4, 0.5) is 0 Å². The summed E-state index contributed by atoms with van der Waals surface area (Å²) in [4.78, 5) is 12.5. The highest BCUT2D eigenvalue weighted by molar-refractivity contribution is 5.95. The third kappa shape index (κ3) is 4.55. The summed E-state index contributed by atoms with van der Waals surface area (Å²) in [7, 11) is 1.62. The number of carbonyl (C=O) groups is 1. The number of rotatable bonds is 7. The van der Waals surface area contributed by atoms with E-state index in [4.69, 9.17) is 9.15 Å². The van der Waals surface area contributed by atoms with Crippen molar-refractivity contribution in [3.63, 3.8) is 0 Å². The van der Waals surface area contributed by atoms with Crippen LogP contribution in [0.2, 0.25) is 0 Å². The van der Waals surface area contributed by atoms with Crippen LogP contribution >= 0.6 is 0 Å². The standard InChI is InChI=1S/C24H21N3O3/c1-29-21-12-10-18(11-13-21)24-27-26-22(30-24)14-15-25-23(28)20-9-5-8-19(16-20)17-6-3-2-4-7-17/h2-13,16H,14-15H2,1H3,(H,25,28). The minimum absolute atomic E-state index is 0.136. The number of amides is 1. The van der Waals surface area contributed by atoms with E-state index < -0.39 is 0 Å². The quantitative estimate of drug-likeness (QED) is 0.499. The first-order valence-electron chi connectivity index (χ1n) is 9.63. The molecule has 4 aromatic rings. The smallest absolute Gasteiger partial charge is 0.251 e. The van der Waals surface area contributed by atoms with Crippen LogP contribution in [0.3, 0.4) is 0 Å². The molecule has 150 valence electrons. The molecule has 1 amide bonds. The Balaban J connectivity index is 1.34. The third-order valence-electron chi connectivity index (χ3n) is 4.66. The van der Waals surface area contributed by atoms with Crippen LogP contribution in [0.15, 0.2) is 83.3 Å². The van der Waals surface area contributed by atoms with Gasteiger partial charge in [-0.2, -0.15) is 0 Å². The summed E-state index contributed by atoms with van der Waals surface area (Å²) in [6, 6.07) is 24.9. The second kappa shape index (κ2) is 9.05. The van der Waals surface area contributed by atoms with Gasteiger partial charge in [0, 0.05) is 24.1 Å². The van der Waals surface area contributed by atoms with E-state index in [1.54, 1.807) is 13.2 Å². The van der Waals surface area contributed by atoms with E-state index in [1.807, 2.05) is 72.8 Å². The molecule has 0 spiro atoms. The monoisotopic (exact) mass is 399 g/mol. The van der Waals surface area contributed by atoms with Gasteiger partial charge in [-0.3, -0.25) is 4.79 Å². The Bertz CT molecular complexity index is 1120. The minimum atomic E-state index is -0.136. The van der Waals surface area contributed by atoms with E-state index in [2.05, 4.69) is 15.5 Å². The van der Waals surface area contributed by atoms with Crippen molar-refractivity contribution in [2.45, 2.75) is 6.42 Å². The number of nitrogens with zero attached hydrogens (tertiary/aromatic N) is 2. The van der Waals surface area contributed by atoms with Gasteiger partial charge in [-0.05, 0) is 47.5 Å². The second-order valence-corrected chi connectivity index (χ2v) is 6.68. The average Bonchev–Trinajstić information content (AvgIpc) is 3.28. The van der Waals surface area contributed by atoms with Crippen LogP contribution in [-0.2, 0) is 6.42 Å².